The summed E-state index contributed by atoms with van der Waals surface area (Å²) in [5.74, 6) is -0.637. The highest BCUT2D eigenvalue weighted by molar-refractivity contribution is 6.00. The molecule has 3 rings (SSSR count). The third kappa shape index (κ3) is 3.98. The minimum absolute atomic E-state index is 0.0556. The van der Waals surface area contributed by atoms with Gasteiger partial charge in [0, 0.05) is 24.2 Å². The van der Waals surface area contributed by atoms with Gasteiger partial charge in [0.2, 0.25) is 11.8 Å². The Labute approximate surface area is 163 Å². The van der Waals surface area contributed by atoms with Crippen LogP contribution in [0.1, 0.15) is 23.1 Å². The number of carbonyl (C=O) groups is 2. The predicted octanol–water partition coefficient (Wildman–Crippen LogP) is 2.52. The molecule has 7 nitrogen and oxygen atoms in total. The van der Waals surface area contributed by atoms with Crippen molar-refractivity contribution in [3.05, 3.63) is 53.1 Å². The largest absolute Gasteiger partial charge is 0.504 e. The number of amides is 2. The molecular weight excluding hydrogens is 358 g/mol. The highest BCUT2D eigenvalue weighted by atomic mass is 16.5. The summed E-state index contributed by atoms with van der Waals surface area (Å²) in [4.78, 5) is 26.4. The second kappa shape index (κ2) is 8.12. The Kier molecular flexibility index (Phi) is 5.63. The molecule has 0 bridgehead atoms. The van der Waals surface area contributed by atoms with Gasteiger partial charge in [-0.15, -0.1) is 0 Å². The first-order valence-electron chi connectivity index (χ1n) is 8.97. The second-order valence-corrected chi connectivity index (χ2v) is 6.81. The van der Waals surface area contributed by atoms with Crippen LogP contribution in [0.5, 0.6) is 11.5 Å². The Morgan fingerprint density at radius 3 is 2.79 bits per heavy atom. The molecule has 0 unspecified atom stereocenters. The number of hydrazone groups is 1. The van der Waals surface area contributed by atoms with Gasteiger partial charge in [0.25, 0.3) is 0 Å². The molecule has 0 aromatic heterocycles. The summed E-state index contributed by atoms with van der Waals surface area (Å²) < 4.78 is 5.03. The van der Waals surface area contributed by atoms with Crippen molar-refractivity contribution in [1.82, 2.24) is 5.43 Å². The van der Waals surface area contributed by atoms with Gasteiger partial charge in [0.15, 0.2) is 11.5 Å². The van der Waals surface area contributed by atoms with Crippen LogP contribution >= 0.6 is 0 Å². The van der Waals surface area contributed by atoms with Gasteiger partial charge in [0.05, 0.1) is 19.2 Å². The summed E-state index contributed by atoms with van der Waals surface area (Å²) in [6, 6.07) is 10.8. The highest BCUT2D eigenvalue weighted by Gasteiger charge is 2.35. The number of hydrogen-bond acceptors (Lipinski definition) is 5. The van der Waals surface area contributed by atoms with Gasteiger partial charge in [0.1, 0.15) is 0 Å². The van der Waals surface area contributed by atoms with Gasteiger partial charge in [-0.3, -0.25) is 9.59 Å². The number of ether oxygens (including phenoxy) is 1. The zero-order chi connectivity index (χ0) is 20.3. The number of phenols is 1. The molecule has 0 radical (unpaired) electrons. The molecule has 1 saturated heterocycles. The maximum atomic E-state index is 12.4. The number of aromatic hydroxyl groups is 1. The molecule has 0 aliphatic carbocycles. The van der Waals surface area contributed by atoms with Crippen molar-refractivity contribution in [2.75, 3.05) is 18.6 Å². The molecule has 1 aliphatic rings. The van der Waals surface area contributed by atoms with E-state index in [2.05, 4.69) is 10.5 Å². The van der Waals surface area contributed by atoms with E-state index in [0.717, 1.165) is 16.8 Å². The van der Waals surface area contributed by atoms with E-state index < -0.39 is 5.92 Å². The average Bonchev–Trinajstić information content (AvgIpc) is 3.07. The van der Waals surface area contributed by atoms with Crippen molar-refractivity contribution >= 4 is 23.7 Å². The maximum Gasteiger partial charge on any atom is 0.245 e. The maximum absolute atomic E-state index is 12.4. The molecular formula is C21H23N3O4. The molecule has 2 amide bonds. The van der Waals surface area contributed by atoms with Crippen LogP contribution in [0.3, 0.4) is 0 Å². The van der Waals surface area contributed by atoms with Crippen molar-refractivity contribution < 1.29 is 19.4 Å². The number of carbonyl (C=O) groups excluding carboxylic acids is 2. The fourth-order valence-electron chi connectivity index (χ4n) is 3.09. The number of hydrogen-bond donors (Lipinski definition) is 2. The van der Waals surface area contributed by atoms with Gasteiger partial charge in [-0.05, 0) is 49.2 Å². The Bertz CT molecular complexity index is 939. The lowest BCUT2D eigenvalue weighted by molar-refractivity contribution is -0.126. The van der Waals surface area contributed by atoms with Gasteiger partial charge in [-0.25, -0.2) is 5.43 Å². The van der Waals surface area contributed by atoms with Gasteiger partial charge < -0.3 is 14.7 Å². The normalized spacial score (nSPS) is 16.6. The molecule has 146 valence electrons. The van der Waals surface area contributed by atoms with E-state index >= 15 is 0 Å². The number of rotatable bonds is 5. The summed E-state index contributed by atoms with van der Waals surface area (Å²) in [5, 5.41) is 13.9. The number of benzene rings is 2. The third-order valence-corrected chi connectivity index (χ3v) is 4.93. The van der Waals surface area contributed by atoms with E-state index in [9.17, 15) is 14.7 Å². The van der Waals surface area contributed by atoms with Crippen molar-refractivity contribution in [2.45, 2.75) is 20.3 Å². The van der Waals surface area contributed by atoms with Crippen molar-refractivity contribution in [1.29, 1.82) is 0 Å². The number of nitrogens with zero attached hydrogens (tertiary/aromatic N) is 2. The van der Waals surface area contributed by atoms with Crippen molar-refractivity contribution in [3.8, 4) is 11.5 Å². The smallest absolute Gasteiger partial charge is 0.245 e. The zero-order valence-electron chi connectivity index (χ0n) is 16.1. The van der Waals surface area contributed by atoms with Crippen LogP contribution in [0.2, 0.25) is 0 Å². The molecule has 1 heterocycles. The summed E-state index contributed by atoms with van der Waals surface area (Å²) >= 11 is 0. The Hall–Kier alpha value is -3.35. The Morgan fingerprint density at radius 2 is 2.07 bits per heavy atom. The SMILES string of the molecule is COc1cccc(/C=N\NC(=O)[C@@H]2CC(=O)N(c3ccc(C)c(C)c3)C2)c1O. The Morgan fingerprint density at radius 1 is 1.29 bits per heavy atom. The summed E-state index contributed by atoms with van der Waals surface area (Å²) in [6.07, 6.45) is 1.48. The van der Waals surface area contributed by atoms with Crippen LogP contribution in [0.4, 0.5) is 5.69 Å². The number of methoxy groups -OCH3 is 1. The van der Waals surface area contributed by atoms with Gasteiger partial charge >= 0.3 is 0 Å². The summed E-state index contributed by atoms with van der Waals surface area (Å²) in [5.41, 5.74) is 5.92. The van der Waals surface area contributed by atoms with Crippen LogP contribution < -0.4 is 15.1 Å². The van der Waals surface area contributed by atoms with Gasteiger partial charge in [-0.2, -0.15) is 5.10 Å². The van der Waals surface area contributed by atoms with E-state index in [1.807, 2.05) is 32.0 Å². The second-order valence-electron chi connectivity index (χ2n) is 6.81. The standard InChI is InChI=1S/C21H23N3O4/c1-13-7-8-17(9-14(13)2)24-12-16(10-19(24)25)21(27)23-22-11-15-5-4-6-18(28-3)20(15)26/h4-9,11,16,26H,10,12H2,1-3H3,(H,23,27)/b22-11-/t16-/m1/s1. The molecule has 1 atom stereocenters. The molecule has 7 heteroatoms. The first-order chi connectivity index (χ1) is 13.4. The van der Waals surface area contributed by atoms with Crippen LogP contribution in [0.25, 0.3) is 0 Å². The number of phenolic OH excluding ortho intramolecular Hbond substituents is 1. The summed E-state index contributed by atoms with van der Waals surface area (Å²) in [6.45, 7) is 4.32. The van der Waals surface area contributed by atoms with E-state index in [0.29, 0.717) is 17.9 Å². The average molecular weight is 381 g/mol. The minimum atomic E-state index is -0.481. The number of para-hydroxylation sites is 1. The zero-order valence-corrected chi connectivity index (χ0v) is 16.1. The topological polar surface area (TPSA) is 91.2 Å². The van der Waals surface area contributed by atoms with E-state index in [1.54, 1.807) is 23.1 Å². The number of nitrogens with one attached hydrogen (secondary N) is 1. The lowest BCUT2D eigenvalue weighted by atomic mass is 10.1. The Balaban J connectivity index is 1.64. The minimum Gasteiger partial charge on any atom is -0.504 e. The lowest BCUT2D eigenvalue weighted by Gasteiger charge is -2.17. The van der Waals surface area contributed by atoms with Crippen LogP contribution in [-0.2, 0) is 9.59 Å². The molecule has 0 saturated carbocycles. The van der Waals surface area contributed by atoms with Crippen LogP contribution in [0, 0.1) is 19.8 Å². The lowest BCUT2D eigenvalue weighted by Crippen LogP contribution is -2.30. The molecule has 0 spiro atoms. The third-order valence-electron chi connectivity index (χ3n) is 4.93. The number of anilines is 1. The van der Waals surface area contributed by atoms with Crippen molar-refractivity contribution in [3.63, 3.8) is 0 Å². The highest BCUT2D eigenvalue weighted by Crippen LogP contribution is 2.28. The molecule has 2 aromatic carbocycles. The quantitative estimate of drug-likeness (QED) is 0.615. The van der Waals surface area contributed by atoms with E-state index in [1.165, 1.54) is 13.3 Å². The first-order valence-corrected chi connectivity index (χ1v) is 8.97. The molecule has 28 heavy (non-hydrogen) atoms. The molecule has 1 fully saturated rings. The summed E-state index contributed by atoms with van der Waals surface area (Å²) in [7, 11) is 1.45. The van der Waals surface area contributed by atoms with E-state index in [4.69, 9.17) is 4.74 Å². The molecule has 2 N–H and O–H groups in total. The molecule has 2 aromatic rings. The fraction of sp³-hybridized carbons (Fsp3) is 0.286. The monoisotopic (exact) mass is 381 g/mol. The van der Waals surface area contributed by atoms with Crippen LogP contribution in [-0.4, -0.2) is 36.8 Å². The van der Waals surface area contributed by atoms with E-state index in [-0.39, 0.29) is 24.0 Å². The van der Waals surface area contributed by atoms with Crippen molar-refractivity contribution in [2.24, 2.45) is 11.0 Å². The fourth-order valence-corrected chi connectivity index (χ4v) is 3.09. The predicted molar refractivity (Wildman–Crippen MR) is 107 cm³/mol. The van der Waals surface area contributed by atoms with Gasteiger partial charge in [-0.1, -0.05) is 12.1 Å². The van der Waals surface area contributed by atoms with Crippen LogP contribution in [0.15, 0.2) is 41.5 Å². The number of aryl methyl sites for hydroxylation is 2. The molecule has 1 aliphatic heterocycles. The first kappa shape index (κ1) is 19.4.